The second-order valence-electron chi connectivity index (χ2n) is 4.11. The summed E-state index contributed by atoms with van der Waals surface area (Å²) < 4.78 is 9.25. The molecule has 1 heterocycles. The first-order chi connectivity index (χ1) is 8.97. The summed E-state index contributed by atoms with van der Waals surface area (Å²) >= 11 is 0. The maximum Gasteiger partial charge on any atom is 0.356 e. The highest BCUT2D eigenvalue weighted by atomic mass is 16.5. The number of Topliss-reactive ketones (excluding diaryl/α,β-unsaturated/α-hetero) is 1. The molecule has 1 aliphatic rings. The zero-order chi connectivity index (χ0) is 14.6. The molecule has 7 heteroatoms. The minimum Gasteiger partial charge on any atom is -0.465 e. The van der Waals surface area contributed by atoms with Crippen molar-refractivity contribution < 1.29 is 23.9 Å². The molecule has 0 saturated heterocycles. The van der Waals surface area contributed by atoms with Gasteiger partial charge >= 0.3 is 11.9 Å². The van der Waals surface area contributed by atoms with Gasteiger partial charge in [-0.25, -0.2) is 15.0 Å². The van der Waals surface area contributed by atoms with E-state index in [1.807, 2.05) is 6.92 Å². The van der Waals surface area contributed by atoms with E-state index in [9.17, 15) is 14.4 Å². The van der Waals surface area contributed by atoms with Crippen LogP contribution in [0.2, 0.25) is 0 Å². The van der Waals surface area contributed by atoms with Crippen molar-refractivity contribution in [1.29, 1.82) is 0 Å². The lowest BCUT2D eigenvalue weighted by atomic mass is 10.1. The fourth-order valence-electron chi connectivity index (χ4n) is 2.01. The summed E-state index contributed by atoms with van der Waals surface area (Å²) in [5, 5.41) is 1.46. The molecule has 0 aromatic carbocycles. The quantitative estimate of drug-likeness (QED) is 0.560. The number of methoxy groups -OCH3 is 2. The average Bonchev–Trinajstić information content (AvgIpc) is 2.54. The van der Waals surface area contributed by atoms with Crippen LogP contribution >= 0.6 is 0 Å². The molecule has 1 rings (SSSR count). The van der Waals surface area contributed by atoms with E-state index < -0.39 is 17.7 Å². The van der Waals surface area contributed by atoms with Gasteiger partial charge in [0.2, 0.25) is 0 Å². The topological polar surface area (TPSA) is 84.9 Å². The summed E-state index contributed by atoms with van der Waals surface area (Å²) in [7, 11) is 3.96. The first kappa shape index (κ1) is 15.2. The van der Waals surface area contributed by atoms with Crippen LogP contribution in [0.5, 0.6) is 0 Å². The predicted octanol–water partition coefficient (Wildman–Crippen LogP) is -0.226. The van der Waals surface area contributed by atoms with Crippen molar-refractivity contribution in [3.05, 3.63) is 11.3 Å². The molecule has 1 atom stereocenters. The van der Waals surface area contributed by atoms with Crippen LogP contribution in [0.1, 0.15) is 19.8 Å². The number of ketones is 1. The lowest BCUT2D eigenvalue weighted by molar-refractivity contribution is -0.142. The number of hydrogen-bond donors (Lipinski definition) is 1. The van der Waals surface area contributed by atoms with Gasteiger partial charge in [-0.2, -0.15) is 0 Å². The van der Waals surface area contributed by atoms with Gasteiger partial charge in [0.25, 0.3) is 0 Å². The number of nitrogens with zero attached hydrogens (tertiary/aromatic N) is 1. The number of carbonyl (C=O) groups is 3. The number of hydrogen-bond acceptors (Lipinski definition) is 7. The Labute approximate surface area is 111 Å². The van der Waals surface area contributed by atoms with Gasteiger partial charge in [-0.1, -0.05) is 0 Å². The van der Waals surface area contributed by atoms with Crippen LogP contribution in [-0.2, 0) is 23.9 Å². The second kappa shape index (κ2) is 6.33. The third kappa shape index (κ3) is 2.93. The highest BCUT2D eigenvalue weighted by Crippen LogP contribution is 2.23. The van der Waals surface area contributed by atoms with Crippen molar-refractivity contribution >= 4 is 17.7 Å². The summed E-state index contributed by atoms with van der Waals surface area (Å²) in [4.78, 5) is 35.7. The molecule has 7 nitrogen and oxygen atoms in total. The predicted molar refractivity (Wildman–Crippen MR) is 65.7 cm³/mol. The maximum absolute atomic E-state index is 12.0. The highest BCUT2D eigenvalue weighted by Gasteiger charge is 2.36. The van der Waals surface area contributed by atoms with Crippen LogP contribution in [0.3, 0.4) is 0 Å². The lowest BCUT2D eigenvalue weighted by Gasteiger charge is -2.29. The Morgan fingerprint density at radius 2 is 1.84 bits per heavy atom. The van der Waals surface area contributed by atoms with Crippen molar-refractivity contribution in [1.82, 2.24) is 10.4 Å². The molecule has 1 aliphatic heterocycles. The Hall–Kier alpha value is -1.89. The van der Waals surface area contributed by atoms with Gasteiger partial charge < -0.3 is 9.47 Å². The van der Waals surface area contributed by atoms with Crippen molar-refractivity contribution in [2.45, 2.75) is 25.8 Å². The molecule has 19 heavy (non-hydrogen) atoms. The van der Waals surface area contributed by atoms with Gasteiger partial charge in [0.05, 0.1) is 14.2 Å². The van der Waals surface area contributed by atoms with Gasteiger partial charge in [0.1, 0.15) is 5.57 Å². The highest BCUT2D eigenvalue weighted by molar-refractivity contribution is 6.21. The lowest BCUT2D eigenvalue weighted by Crippen LogP contribution is -2.44. The number of esters is 2. The number of carbonyl (C=O) groups excluding carboxylic acids is 3. The van der Waals surface area contributed by atoms with Gasteiger partial charge in [-0.3, -0.25) is 9.80 Å². The van der Waals surface area contributed by atoms with Crippen LogP contribution in [0.25, 0.3) is 0 Å². The molecule has 0 saturated carbocycles. The smallest absolute Gasteiger partial charge is 0.356 e. The molecule has 0 bridgehead atoms. The summed E-state index contributed by atoms with van der Waals surface area (Å²) in [6.45, 7) is 1.84. The third-order valence-electron chi connectivity index (χ3n) is 3.00. The van der Waals surface area contributed by atoms with Gasteiger partial charge in [0.15, 0.2) is 11.5 Å². The molecule has 0 aromatic heterocycles. The van der Waals surface area contributed by atoms with Crippen molar-refractivity contribution in [2.24, 2.45) is 0 Å². The monoisotopic (exact) mass is 270 g/mol. The molecule has 1 unspecified atom stereocenters. The summed E-state index contributed by atoms with van der Waals surface area (Å²) in [6.07, 6.45) is 0.685. The standard InChI is InChI=1S/C12H18N2O5/c1-7-5-6-8(15)9(11(16)18-3)10(12(17)19-4)14(7)13-2/h7,13H,5-6H2,1-4H3. The minimum atomic E-state index is -0.834. The van der Waals surface area contributed by atoms with E-state index >= 15 is 0 Å². The fourth-order valence-corrected chi connectivity index (χ4v) is 2.01. The Kier molecular flexibility index (Phi) is 5.05. The fraction of sp³-hybridized carbons (Fsp3) is 0.583. The number of nitrogens with one attached hydrogen (secondary N) is 1. The van der Waals surface area contributed by atoms with Crippen LogP contribution in [0.4, 0.5) is 0 Å². The number of ether oxygens (including phenoxy) is 2. The van der Waals surface area contributed by atoms with Gasteiger partial charge in [-0.15, -0.1) is 0 Å². The molecule has 0 spiro atoms. The molecule has 106 valence electrons. The Morgan fingerprint density at radius 3 is 2.32 bits per heavy atom. The van der Waals surface area contributed by atoms with Gasteiger partial charge in [-0.05, 0) is 13.3 Å². The van der Waals surface area contributed by atoms with Crippen LogP contribution in [0, 0.1) is 0 Å². The largest absolute Gasteiger partial charge is 0.465 e. The zero-order valence-electron chi connectivity index (χ0n) is 11.5. The van der Waals surface area contributed by atoms with Crippen molar-refractivity contribution in [3.63, 3.8) is 0 Å². The molecule has 0 aromatic rings. The average molecular weight is 270 g/mol. The second-order valence-corrected chi connectivity index (χ2v) is 4.11. The molecule has 0 amide bonds. The normalized spacial score (nSPS) is 20.1. The van der Waals surface area contributed by atoms with Crippen molar-refractivity contribution in [2.75, 3.05) is 21.3 Å². The summed E-state index contributed by atoms with van der Waals surface area (Å²) in [5.74, 6) is -2.01. The molecule has 1 N–H and O–H groups in total. The molecular weight excluding hydrogens is 252 g/mol. The van der Waals surface area contributed by atoms with E-state index in [0.29, 0.717) is 6.42 Å². The molecule has 0 fully saturated rings. The summed E-state index contributed by atoms with van der Waals surface area (Å²) in [5.41, 5.74) is 2.43. The summed E-state index contributed by atoms with van der Waals surface area (Å²) in [6, 6.07) is -0.134. The number of rotatable bonds is 3. The first-order valence-electron chi connectivity index (χ1n) is 5.88. The Bertz CT molecular complexity index is 430. The Balaban J connectivity index is 3.46. The van der Waals surface area contributed by atoms with E-state index in [2.05, 4.69) is 14.9 Å². The molecule has 0 aliphatic carbocycles. The van der Waals surface area contributed by atoms with E-state index in [-0.39, 0.29) is 23.7 Å². The van der Waals surface area contributed by atoms with Gasteiger partial charge in [0, 0.05) is 19.5 Å². The first-order valence-corrected chi connectivity index (χ1v) is 5.88. The van der Waals surface area contributed by atoms with E-state index in [4.69, 9.17) is 0 Å². The SMILES string of the molecule is CNN1C(C(=O)OC)=C(C(=O)OC)C(=O)CCC1C. The number of hydrazine groups is 1. The molecular formula is C12H18N2O5. The van der Waals surface area contributed by atoms with Crippen molar-refractivity contribution in [3.8, 4) is 0 Å². The molecule has 0 radical (unpaired) electrons. The van der Waals surface area contributed by atoms with Crippen LogP contribution in [0.15, 0.2) is 11.3 Å². The van der Waals surface area contributed by atoms with E-state index in [0.717, 1.165) is 7.11 Å². The maximum atomic E-state index is 12.0. The minimum absolute atomic E-state index is 0.105. The van der Waals surface area contributed by atoms with E-state index in [1.54, 1.807) is 7.05 Å². The van der Waals surface area contributed by atoms with Crippen LogP contribution in [-0.4, -0.2) is 50.0 Å². The van der Waals surface area contributed by atoms with E-state index in [1.165, 1.54) is 12.1 Å². The Morgan fingerprint density at radius 1 is 1.26 bits per heavy atom. The third-order valence-corrected chi connectivity index (χ3v) is 3.00. The zero-order valence-corrected chi connectivity index (χ0v) is 11.5. The van der Waals surface area contributed by atoms with Crippen LogP contribution < -0.4 is 5.43 Å².